The lowest BCUT2D eigenvalue weighted by molar-refractivity contribution is -0.303. The van der Waals surface area contributed by atoms with Crippen LogP contribution in [0.3, 0.4) is 0 Å². The molecule has 5 amide bonds. The minimum absolute atomic E-state index is 0.167. The van der Waals surface area contributed by atoms with Crippen molar-refractivity contribution in [2.45, 2.75) is 364 Å². The first-order valence-corrected chi connectivity index (χ1v) is 42.2. The Kier molecular flexibility index (Phi) is 50.4. The van der Waals surface area contributed by atoms with Crippen molar-refractivity contribution in [3.05, 3.63) is 29.8 Å². The Morgan fingerprint density at radius 2 is 0.991 bits per heavy atom. The van der Waals surface area contributed by atoms with Gasteiger partial charge in [0.05, 0.1) is 51.2 Å². The normalized spacial score (nSPS) is 24.6. The van der Waals surface area contributed by atoms with E-state index in [2.05, 4.69) is 47.0 Å². The molecule has 21 atom stereocenters. The lowest BCUT2D eigenvalue weighted by atomic mass is 9.89. The van der Waals surface area contributed by atoms with E-state index in [-0.39, 0.29) is 63.2 Å². The highest BCUT2D eigenvalue weighted by molar-refractivity contribution is 5.97. The molecule has 31 nitrogen and oxygen atoms in total. The number of esters is 2. The third kappa shape index (κ3) is 38.6. The molecule has 5 unspecified atom stereocenters. The van der Waals surface area contributed by atoms with Crippen molar-refractivity contribution in [3.63, 3.8) is 0 Å². The van der Waals surface area contributed by atoms with Gasteiger partial charge in [0.2, 0.25) is 5.91 Å². The number of hydrogen-bond donors (Lipinski definition) is 16. The summed E-state index contributed by atoms with van der Waals surface area (Å²) in [4.78, 5) is 89.2. The number of nitrogens with two attached hydrogens (primary N) is 2. The number of ketones is 1. The van der Waals surface area contributed by atoms with E-state index in [4.69, 9.17) is 49.4 Å². The third-order valence-electron chi connectivity index (χ3n) is 21.8. The predicted molar refractivity (Wildman–Crippen MR) is 424 cm³/mol. The van der Waals surface area contributed by atoms with Crippen LogP contribution in [0.1, 0.15) is 259 Å². The Hall–Kier alpha value is -5.93. The smallest absolute Gasteiger partial charge is 0.407 e. The second-order valence-electron chi connectivity index (χ2n) is 31.6. The van der Waals surface area contributed by atoms with Gasteiger partial charge in [-0.2, -0.15) is 0 Å². The molecule has 2 heterocycles. The number of anilines is 1. The molecule has 1 saturated carbocycles. The summed E-state index contributed by atoms with van der Waals surface area (Å²) < 4.78 is 43.9. The maximum atomic E-state index is 13.8. The van der Waals surface area contributed by atoms with E-state index in [1.54, 1.807) is 38.1 Å². The number of unbranched alkanes of at least 4 members (excludes halogenated alkanes) is 22. The lowest BCUT2D eigenvalue weighted by Crippen LogP contribution is -2.60. The highest BCUT2D eigenvalue weighted by Gasteiger charge is 2.50. The summed E-state index contributed by atoms with van der Waals surface area (Å²) in [5.74, 6) is 4.37. The second-order valence-corrected chi connectivity index (χ2v) is 31.6. The average Bonchev–Trinajstić information content (AvgIpc) is 1.61. The van der Waals surface area contributed by atoms with E-state index in [1.807, 2.05) is 0 Å². The largest absolute Gasteiger partial charge is 0.460 e. The van der Waals surface area contributed by atoms with Crippen molar-refractivity contribution in [1.29, 1.82) is 0 Å². The van der Waals surface area contributed by atoms with Crippen LogP contribution in [0, 0.1) is 41.4 Å². The maximum absolute atomic E-state index is 13.8. The molecule has 2 aliphatic heterocycles. The zero-order valence-electron chi connectivity index (χ0n) is 68.5. The topological polar surface area (TPSA) is 496 Å². The molecule has 114 heavy (non-hydrogen) atoms. The van der Waals surface area contributed by atoms with Gasteiger partial charge >= 0.3 is 30.2 Å². The van der Waals surface area contributed by atoms with Gasteiger partial charge in [-0.3, -0.25) is 19.2 Å². The van der Waals surface area contributed by atoms with Crippen LogP contribution in [0.2, 0.25) is 0 Å². The SMILES string of the molecule is CCCCCCCCCCCCCC[C@@H](OC(C)=O)[C@@H](O)[C@@H](N)CO[C@H]1OC(CO)[C@H](O)[C@H](O)C1O.CCCCCCCCCCCCCC[C@@H](OC(C)=O)[C@@H](O)[C@H](CO[C@H]1OC(CO)[C@H](O)[C@H](O)C1O)NC(=O)OCc1ccc(NC(=O)[C@H](CCCNC(N)=O)CC(=O)[C@@H](NC(=O)OCC2[C@H]3CCC#CCC[C@@H]23)C(C)C)cc1. The molecule has 5 rings (SSSR count). The van der Waals surface area contributed by atoms with E-state index >= 15 is 0 Å². The van der Waals surface area contributed by atoms with Crippen molar-refractivity contribution >= 4 is 47.5 Å². The third-order valence-corrected chi connectivity index (χ3v) is 21.8. The summed E-state index contributed by atoms with van der Waals surface area (Å²) in [6.07, 6.45) is 10.8. The van der Waals surface area contributed by atoms with Crippen LogP contribution in [-0.2, 0) is 63.7 Å². The minimum atomic E-state index is -1.77. The molecule has 2 aliphatic carbocycles. The van der Waals surface area contributed by atoms with E-state index in [1.165, 1.54) is 117 Å². The highest BCUT2D eigenvalue weighted by Crippen LogP contribution is 2.52. The quantitative estimate of drug-likeness (QED) is 0.0133. The zero-order valence-corrected chi connectivity index (χ0v) is 68.5. The van der Waals surface area contributed by atoms with Gasteiger partial charge in [-0.25, -0.2) is 14.4 Å². The Labute approximate surface area is 674 Å². The molecule has 18 N–H and O–H groups in total. The second kappa shape index (κ2) is 57.2. The number of alkyl carbamates (subject to hydrolysis) is 2. The van der Waals surface area contributed by atoms with Gasteiger partial charge in [0, 0.05) is 51.3 Å². The van der Waals surface area contributed by atoms with Crippen LogP contribution < -0.4 is 32.7 Å². The van der Waals surface area contributed by atoms with Crippen molar-refractivity contribution in [3.8, 4) is 11.8 Å². The van der Waals surface area contributed by atoms with Crippen molar-refractivity contribution in [2.24, 2.45) is 41.1 Å². The monoisotopic (exact) mass is 1620 g/mol. The van der Waals surface area contributed by atoms with Gasteiger partial charge in [0.15, 0.2) is 18.4 Å². The summed E-state index contributed by atoms with van der Waals surface area (Å²) in [7, 11) is 0. The molecule has 2 saturated heterocycles. The van der Waals surface area contributed by atoms with Gasteiger partial charge in [0.25, 0.3) is 0 Å². The number of fused-ring (bicyclic) bond motifs is 1. The van der Waals surface area contributed by atoms with Crippen molar-refractivity contribution in [1.82, 2.24) is 16.0 Å². The number of amides is 5. The standard InChI is InChI=1S/C57H91N5O16.C26H51NO9/c1-5-6-7-8-9-10-11-12-13-14-15-20-25-46(77-37(4)64)49(66)44(35-74-54-52(69)51(68)50(67)47(32-63)78-54)61-56(72)75-33-38-26-28-40(29-27-38)60-53(70)39(22-21-30-59-55(58)71)31-45(65)48(36(2)3)62-57(73)76-34-43-41-23-18-16-17-19-24-42(41)43;1-3-4-5-6-7-8-9-10-11-12-13-14-15-20(35-18(2)29)22(30)19(27)17-34-26-25(33)24(32)23(31)21(16-28)36-26/h26-29,36,39,41-44,46-52,54,63,66-69H,5-15,18-25,30-35H2,1-4H3,(H,60,70)(H,61,72)(H,62,73)(H3,58,59,71);19-26,28,30-33H,3-17,27H2,1-2H3/t39-,41-,42+,43?,44+,46-,47?,48+,49+,50+,51+,52?,54+;19-,20+,21?,22-,23-,24-,25?,26-/m10/s1. The summed E-state index contributed by atoms with van der Waals surface area (Å²) in [5, 5.41) is 113. The molecule has 0 bridgehead atoms. The number of rotatable bonds is 56. The molecule has 1 aromatic carbocycles. The summed E-state index contributed by atoms with van der Waals surface area (Å²) in [6.45, 7) is 8.52. The fourth-order valence-electron chi connectivity index (χ4n) is 14.8. The number of carbonyl (C=O) groups excluding carboxylic acids is 7. The molecule has 3 fully saturated rings. The van der Waals surface area contributed by atoms with Crippen molar-refractivity contribution in [2.75, 3.05) is 44.9 Å². The van der Waals surface area contributed by atoms with E-state index in [0.29, 0.717) is 42.3 Å². The van der Waals surface area contributed by atoms with Gasteiger partial charge < -0.3 is 122 Å². The van der Waals surface area contributed by atoms with Crippen LogP contribution in [-0.4, -0.2) is 236 Å². The van der Waals surface area contributed by atoms with Crippen LogP contribution in [0.25, 0.3) is 0 Å². The lowest BCUT2D eigenvalue weighted by Gasteiger charge is -2.40. The Bertz CT molecular complexity index is 2910. The fourth-order valence-corrected chi connectivity index (χ4v) is 14.8. The number of carbonyl (C=O) groups is 7. The van der Waals surface area contributed by atoms with E-state index in [0.717, 1.165) is 70.6 Å². The first-order valence-electron chi connectivity index (χ1n) is 42.2. The first-order chi connectivity index (χ1) is 54.6. The summed E-state index contributed by atoms with van der Waals surface area (Å²) in [5.41, 5.74) is 12.2. The van der Waals surface area contributed by atoms with Gasteiger partial charge in [-0.15, -0.1) is 11.8 Å². The molecule has 0 aromatic heterocycles. The number of aliphatic hydroxyl groups excluding tert-OH is 10. The van der Waals surface area contributed by atoms with Crippen LogP contribution >= 0.6 is 0 Å². The fraction of sp³-hybridized carbons (Fsp3) is 0.819. The molecule has 31 heteroatoms. The summed E-state index contributed by atoms with van der Waals surface area (Å²) >= 11 is 0. The highest BCUT2D eigenvalue weighted by atomic mass is 16.7. The maximum Gasteiger partial charge on any atom is 0.407 e. The molecule has 0 spiro atoms. The van der Waals surface area contributed by atoms with Crippen LogP contribution in [0.5, 0.6) is 0 Å². The molecule has 4 aliphatic rings. The van der Waals surface area contributed by atoms with E-state index in [9.17, 15) is 84.6 Å². The molecule has 0 radical (unpaired) electrons. The Morgan fingerprint density at radius 1 is 0.553 bits per heavy atom. The first kappa shape index (κ1) is 100. The number of ether oxygens (including phenoxy) is 8. The molecule has 654 valence electrons. The number of benzene rings is 1. The number of Topliss-reactive ketones (excluding diaryl/α,β-unsaturated/α-hetero) is 1. The molecular formula is C83H142N6O25. The number of aliphatic hydroxyl groups is 10. The van der Waals surface area contributed by atoms with E-state index < -0.39 is 166 Å². The number of urea groups is 1. The number of hydrogen-bond acceptors (Lipinski definition) is 26. The predicted octanol–water partition coefficient (Wildman–Crippen LogP) is 7.15. The van der Waals surface area contributed by atoms with Crippen LogP contribution in [0.15, 0.2) is 24.3 Å². The minimum Gasteiger partial charge on any atom is -0.460 e. The summed E-state index contributed by atoms with van der Waals surface area (Å²) in [6, 6.07) is 2.38. The zero-order chi connectivity index (χ0) is 83.9. The van der Waals surface area contributed by atoms with Gasteiger partial charge in [-0.1, -0.05) is 181 Å². The van der Waals surface area contributed by atoms with Gasteiger partial charge in [-0.05, 0) is 92.7 Å². The number of primary amides is 1. The van der Waals surface area contributed by atoms with Crippen molar-refractivity contribution < 1.29 is 123 Å². The van der Waals surface area contributed by atoms with Gasteiger partial charge in [0.1, 0.15) is 79.9 Å². The average molecular weight is 1620 g/mol. The molecule has 1 aromatic rings. The number of nitrogens with one attached hydrogen (secondary N) is 4. The Balaban J connectivity index is 0.000000634. The Morgan fingerprint density at radius 3 is 1.43 bits per heavy atom. The van der Waals surface area contributed by atoms with Crippen LogP contribution in [0.4, 0.5) is 20.1 Å². The molecular weight excluding hydrogens is 1480 g/mol.